The normalized spacial score (nSPS) is 17.8. The number of hydrogen-bond donors (Lipinski definition) is 0. The summed E-state index contributed by atoms with van der Waals surface area (Å²) in [5.74, 6) is 1.15. The van der Waals surface area contributed by atoms with E-state index in [1.54, 1.807) is 7.11 Å². The fourth-order valence-corrected chi connectivity index (χ4v) is 4.20. The standard InChI is InChI=1S/C23H27N3O2/c1-16-21(13-25(2)24-16)15-26-10-4-5-20(14-26)23(27)19-7-6-18-12-22(28-3)9-8-17(18)11-19/h6-9,11-13,20H,4-5,10,14-15H2,1-3H3. The molecule has 1 atom stereocenters. The number of methoxy groups -OCH3 is 1. The first-order valence-corrected chi connectivity index (χ1v) is 9.87. The first-order chi connectivity index (χ1) is 13.5. The van der Waals surface area contributed by atoms with Crippen LogP contribution < -0.4 is 4.74 Å². The summed E-state index contributed by atoms with van der Waals surface area (Å²) in [5, 5.41) is 6.60. The number of carbonyl (C=O) groups is 1. The van der Waals surface area contributed by atoms with E-state index in [0.29, 0.717) is 0 Å². The molecule has 3 aromatic rings. The highest BCUT2D eigenvalue weighted by molar-refractivity contribution is 6.01. The Hall–Kier alpha value is -2.66. The minimum atomic E-state index is 0.0569. The molecule has 5 nitrogen and oxygen atoms in total. The number of likely N-dealkylation sites (tertiary alicyclic amines) is 1. The molecule has 28 heavy (non-hydrogen) atoms. The zero-order valence-electron chi connectivity index (χ0n) is 16.8. The van der Waals surface area contributed by atoms with Crippen LogP contribution in [0.15, 0.2) is 42.6 Å². The minimum absolute atomic E-state index is 0.0569. The van der Waals surface area contributed by atoms with Crippen molar-refractivity contribution in [3.63, 3.8) is 0 Å². The van der Waals surface area contributed by atoms with Gasteiger partial charge in [0.1, 0.15) is 5.75 Å². The van der Waals surface area contributed by atoms with Gasteiger partial charge in [0.2, 0.25) is 0 Å². The molecule has 0 aliphatic carbocycles. The van der Waals surface area contributed by atoms with Gasteiger partial charge in [0, 0.05) is 43.4 Å². The summed E-state index contributed by atoms with van der Waals surface area (Å²) < 4.78 is 7.15. The van der Waals surface area contributed by atoms with Crippen LogP contribution in [0.4, 0.5) is 0 Å². The Bertz CT molecular complexity index is 1010. The van der Waals surface area contributed by atoms with Gasteiger partial charge in [0.15, 0.2) is 5.78 Å². The highest BCUT2D eigenvalue weighted by Crippen LogP contribution is 2.26. The van der Waals surface area contributed by atoms with Crippen LogP contribution in [0.3, 0.4) is 0 Å². The van der Waals surface area contributed by atoms with Gasteiger partial charge in [-0.25, -0.2) is 0 Å². The molecular weight excluding hydrogens is 350 g/mol. The molecule has 0 saturated carbocycles. The number of rotatable bonds is 5. The summed E-state index contributed by atoms with van der Waals surface area (Å²) in [6.45, 7) is 4.76. The Morgan fingerprint density at radius 2 is 2.00 bits per heavy atom. The van der Waals surface area contributed by atoms with Crippen molar-refractivity contribution in [3.05, 3.63) is 59.4 Å². The molecule has 2 aromatic carbocycles. The largest absolute Gasteiger partial charge is 0.497 e. The van der Waals surface area contributed by atoms with E-state index in [0.717, 1.165) is 60.3 Å². The van der Waals surface area contributed by atoms with Crippen molar-refractivity contribution in [1.82, 2.24) is 14.7 Å². The molecule has 0 amide bonds. The highest BCUT2D eigenvalue weighted by atomic mass is 16.5. The lowest BCUT2D eigenvalue weighted by Gasteiger charge is -2.31. The molecule has 1 saturated heterocycles. The van der Waals surface area contributed by atoms with Crippen molar-refractivity contribution in [2.75, 3.05) is 20.2 Å². The van der Waals surface area contributed by atoms with Gasteiger partial charge in [-0.05, 0) is 55.3 Å². The average Bonchev–Trinajstić information content (AvgIpc) is 3.03. The Balaban J connectivity index is 1.49. The van der Waals surface area contributed by atoms with Crippen LogP contribution in [0.25, 0.3) is 10.8 Å². The van der Waals surface area contributed by atoms with Gasteiger partial charge < -0.3 is 4.74 Å². The number of benzene rings is 2. The highest BCUT2D eigenvalue weighted by Gasteiger charge is 2.27. The molecule has 1 aromatic heterocycles. The minimum Gasteiger partial charge on any atom is -0.497 e. The maximum Gasteiger partial charge on any atom is 0.167 e. The van der Waals surface area contributed by atoms with Gasteiger partial charge in [-0.1, -0.05) is 18.2 Å². The summed E-state index contributed by atoms with van der Waals surface area (Å²) in [7, 11) is 3.62. The molecule has 0 bridgehead atoms. The fraction of sp³-hybridized carbons (Fsp3) is 0.391. The Morgan fingerprint density at radius 3 is 2.75 bits per heavy atom. The van der Waals surface area contributed by atoms with E-state index in [9.17, 15) is 4.79 Å². The van der Waals surface area contributed by atoms with Crippen molar-refractivity contribution in [1.29, 1.82) is 0 Å². The number of Topliss-reactive ketones (excluding diaryl/α,β-unsaturated/α-hetero) is 1. The topological polar surface area (TPSA) is 47.4 Å². The molecule has 1 fully saturated rings. The maximum atomic E-state index is 13.2. The Morgan fingerprint density at radius 1 is 1.21 bits per heavy atom. The van der Waals surface area contributed by atoms with Crippen molar-refractivity contribution < 1.29 is 9.53 Å². The van der Waals surface area contributed by atoms with Crippen molar-refractivity contribution in [2.45, 2.75) is 26.3 Å². The molecule has 1 aliphatic rings. The quantitative estimate of drug-likeness (QED) is 0.631. The van der Waals surface area contributed by atoms with E-state index in [4.69, 9.17) is 4.74 Å². The van der Waals surface area contributed by atoms with E-state index >= 15 is 0 Å². The van der Waals surface area contributed by atoms with Gasteiger partial charge in [-0.15, -0.1) is 0 Å². The summed E-state index contributed by atoms with van der Waals surface area (Å²) >= 11 is 0. The molecule has 146 valence electrons. The first-order valence-electron chi connectivity index (χ1n) is 9.87. The molecule has 0 radical (unpaired) electrons. The van der Waals surface area contributed by atoms with Crippen LogP contribution in [0, 0.1) is 12.8 Å². The van der Waals surface area contributed by atoms with Gasteiger partial charge >= 0.3 is 0 Å². The summed E-state index contributed by atoms with van der Waals surface area (Å²) in [4.78, 5) is 15.6. The van der Waals surface area contributed by atoms with Crippen molar-refractivity contribution in [3.8, 4) is 5.75 Å². The van der Waals surface area contributed by atoms with Gasteiger partial charge in [-0.3, -0.25) is 14.4 Å². The van der Waals surface area contributed by atoms with E-state index in [1.165, 1.54) is 5.56 Å². The van der Waals surface area contributed by atoms with Crippen LogP contribution in [0.5, 0.6) is 5.75 Å². The SMILES string of the molecule is COc1ccc2cc(C(=O)C3CCCN(Cc4cn(C)nc4C)C3)ccc2c1. The predicted molar refractivity (Wildman–Crippen MR) is 111 cm³/mol. The molecule has 1 aliphatic heterocycles. The lowest BCUT2D eigenvalue weighted by atomic mass is 9.89. The average molecular weight is 377 g/mol. The third-order valence-electron chi connectivity index (χ3n) is 5.72. The van der Waals surface area contributed by atoms with Gasteiger partial charge in [0.25, 0.3) is 0 Å². The van der Waals surface area contributed by atoms with Crippen molar-refractivity contribution >= 4 is 16.6 Å². The lowest BCUT2D eigenvalue weighted by molar-refractivity contribution is 0.0811. The second-order valence-electron chi connectivity index (χ2n) is 7.78. The number of carbonyl (C=O) groups excluding carboxylic acids is 1. The first kappa shape index (κ1) is 18.7. The fourth-order valence-electron chi connectivity index (χ4n) is 4.20. The number of aryl methyl sites for hydroxylation is 2. The molecule has 5 heteroatoms. The number of hydrogen-bond acceptors (Lipinski definition) is 4. The second-order valence-corrected chi connectivity index (χ2v) is 7.78. The number of nitrogens with zero attached hydrogens (tertiary/aromatic N) is 3. The van der Waals surface area contributed by atoms with Crippen LogP contribution >= 0.6 is 0 Å². The Labute approximate surface area is 165 Å². The summed E-state index contributed by atoms with van der Waals surface area (Å²) in [5.41, 5.74) is 3.12. The predicted octanol–water partition coefficient (Wildman–Crippen LogP) is 3.99. The Kier molecular flexibility index (Phi) is 5.18. The van der Waals surface area contributed by atoms with E-state index in [2.05, 4.69) is 16.2 Å². The lowest BCUT2D eigenvalue weighted by Crippen LogP contribution is -2.38. The number of aromatic nitrogens is 2. The smallest absolute Gasteiger partial charge is 0.167 e. The number of ether oxygens (including phenoxy) is 1. The van der Waals surface area contributed by atoms with E-state index in [1.807, 2.05) is 55.1 Å². The van der Waals surface area contributed by atoms with Crippen LogP contribution in [0.1, 0.15) is 34.5 Å². The zero-order valence-corrected chi connectivity index (χ0v) is 16.8. The number of piperidine rings is 1. The maximum absolute atomic E-state index is 13.2. The van der Waals surface area contributed by atoms with Crippen LogP contribution in [-0.2, 0) is 13.6 Å². The molecule has 4 rings (SSSR count). The van der Waals surface area contributed by atoms with E-state index in [-0.39, 0.29) is 11.7 Å². The second kappa shape index (κ2) is 7.76. The van der Waals surface area contributed by atoms with Crippen LogP contribution in [0.2, 0.25) is 0 Å². The summed E-state index contributed by atoms with van der Waals surface area (Å²) in [6.07, 6.45) is 4.10. The number of fused-ring (bicyclic) bond motifs is 1. The third-order valence-corrected chi connectivity index (χ3v) is 5.72. The monoisotopic (exact) mass is 377 g/mol. The van der Waals surface area contributed by atoms with E-state index < -0.39 is 0 Å². The molecule has 0 N–H and O–H groups in total. The molecule has 1 unspecified atom stereocenters. The number of ketones is 1. The molecule has 0 spiro atoms. The van der Waals surface area contributed by atoms with Gasteiger partial charge in [-0.2, -0.15) is 5.10 Å². The summed E-state index contributed by atoms with van der Waals surface area (Å²) in [6, 6.07) is 11.9. The molecule has 2 heterocycles. The van der Waals surface area contributed by atoms with Crippen molar-refractivity contribution in [2.24, 2.45) is 13.0 Å². The zero-order chi connectivity index (χ0) is 19.7. The van der Waals surface area contributed by atoms with Gasteiger partial charge in [0.05, 0.1) is 12.8 Å². The molecular formula is C23H27N3O2. The third kappa shape index (κ3) is 3.80. The van der Waals surface area contributed by atoms with Crippen LogP contribution in [-0.4, -0.2) is 40.7 Å².